The summed E-state index contributed by atoms with van der Waals surface area (Å²) in [7, 11) is -3.70. The minimum absolute atomic E-state index is 0.0788. The van der Waals surface area contributed by atoms with E-state index in [-0.39, 0.29) is 10.8 Å². The van der Waals surface area contributed by atoms with E-state index in [0.717, 1.165) is 22.4 Å². The van der Waals surface area contributed by atoms with Crippen LogP contribution in [0.4, 0.5) is 11.4 Å². The van der Waals surface area contributed by atoms with E-state index >= 15 is 0 Å². The number of hydrogen-bond donors (Lipinski definition) is 1. The van der Waals surface area contributed by atoms with Crippen LogP contribution in [0.15, 0.2) is 71.6 Å². The number of fused-ring (bicyclic) bond motifs is 1. The zero-order valence-electron chi connectivity index (χ0n) is 17.1. The number of benzene rings is 3. The monoisotopic (exact) mass is 420 g/mol. The Bertz CT molecular complexity index is 1200. The van der Waals surface area contributed by atoms with E-state index in [1.807, 2.05) is 61.5 Å². The van der Waals surface area contributed by atoms with Crippen molar-refractivity contribution in [2.75, 3.05) is 9.62 Å². The van der Waals surface area contributed by atoms with Crippen molar-refractivity contribution in [2.45, 2.75) is 38.1 Å². The second kappa shape index (κ2) is 7.95. The van der Waals surface area contributed by atoms with Gasteiger partial charge in [0.05, 0.1) is 11.4 Å². The van der Waals surface area contributed by atoms with Crippen LogP contribution in [-0.2, 0) is 27.8 Å². The van der Waals surface area contributed by atoms with Gasteiger partial charge in [0, 0.05) is 17.8 Å². The van der Waals surface area contributed by atoms with Gasteiger partial charge in [-0.15, -0.1) is 0 Å². The molecule has 1 aliphatic rings. The van der Waals surface area contributed by atoms with Gasteiger partial charge < -0.3 is 4.90 Å². The number of carbonyl (C=O) groups is 1. The molecule has 0 radical (unpaired) electrons. The first-order valence-electron chi connectivity index (χ1n) is 9.91. The first-order valence-corrected chi connectivity index (χ1v) is 11.4. The molecule has 0 saturated carbocycles. The number of anilines is 2. The van der Waals surface area contributed by atoms with E-state index < -0.39 is 10.0 Å². The summed E-state index contributed by atoms with van der Waals surface area (Å²) in [6.45, 7) is 4.16. The van der Waals surface area contributed by atoms with Crippen molar-refractivity contribution in [1.29, 1.82) is 0 Å². The Morgan fingerprint density at radius 2 is 1.70 bits per heavy atom. The third kappa shape index (κ3) is 4.09. The Labute approximate surface area is 177 Å². The van der Waals surface area contributed by atoms with Crippen molar-refractivity contribution in [2.24, 2.45) is 0 Å². The molecule has 4 rings (SSSR count). The summed E-state index contributed by atoms with van der Waals surface area (Å²) in [6, 6.07) is 20.6. The molecule has 30 heavy (non-hydrogen) atoms. The van der Waals surface area contributed by atoms with E-state index in [0.29, 0.717) is 30.6 Å². The van der Waals surface area contributed by atoms with Crippen molar-refractivity contribution in [3.05, 3.63) is 89.0 Å². The van der Waals surface area contributed by atoms with Crippen molar-refractivity contribution in [3.8, 4) is 0 Å². The highest BCUT2D eigenvalue weighted by molar-refractivity contribution is 7.92. The van der Waals surface area contributed by atoms with Crippen molar-refractivity contribution >= 4 is 27.3 Å². The van der Waals surface area contributed by atoms with Gasteiger partial charge in [-0.2, -0.15) is 0 Å². The molecular formula is C24H24N2O3S. The van der Waals surface area contributed by atoms with Crippen LogP contribution in [0.2, 0.25) is 0 Å². The smallest absolute Gasteiger partial charge is 0.262 e. The fraction of sp³-hybridized carbons (Fsp3) is 0.208. The molecule has 0 atom stereocenters. The number of aryl methyl sites for hydroxylation is 3. The summed E-state index contributed by atoms with van der Waals surface area (Å²) in [4.78, 5) is 14.6. The average Bonchev–Trinajstić information content (AvgIpc) is 2.72. The molecule has 154 valence electrons. The standard InChI is InChI=1S/C24H24N2O3S/c1-17-8-9-18(2)23(14-17)30(28,29)25-21-11-12-22-20(15-21)10-13-24(27)26(22)16-19-6-4-3-5-7-19/h3-9,11-12,14-15,25H,10,13,16H2,1-2H3. The zero-order chi connectivity index (χ0) is 21.3. The number of nitrogens with one attached hydrogen (secondary N) is 1. The molecular weight excluding hydrogens is 396 g/mol. The van der Waals surface area contributed by atoms with Gasteiger partial charge >= 0.3 is 0 Å². The van der Waals surface area contributed by atoms with E-state index in [1.165, 1.54) is 0 Å². The summed E-state index contributed by atoms with van der Waals surface area (Å²) in [6.07, 6.45) is 1.01. The van der Waals surface area contributed by atoms with Gasteiger partial charge in [0.2, 0.25) is 5.91 Å². The van der Waals surface area contributed by atoms with Gasteiger partial charge in [-0.25, -0.2) is 8.42 Å². The van der Waals surface area contributed by atoms with Crippen molar-refractivity contribution in [3.63, 3.8) is 0 Å². The minimum Gasteiger partial charge on any atom is -0.308 e. The molecule has 3 aromatic carbocycles. The Kier molecular flexibility index (Phi) is 5.35. The second-order valence-electron chi connectivity index (χ2n) is 7.68. The van der Waals surface area contributed by atoms with Crippen LogP contribution >= 0.6 is 0 Å². The fourth-order valence-corrected chi connectivity index (χ4v) is 5.15. The molecule has 1 N–H and O–H groups in total. The lowest BCUT2D eigenvalue weighted by Gasteiger charge is -2.30. The van der Waals surface area contributed by atoms with Crippen LogP contribution in [0.25, 0.3) is 0 Å². The van der Waals surface area contributed by atoms with Gasteiger partial charge in [0.1, 0.15) is 0 Å². The van der Waals surface area contributed by atoms with E-state index in [4.69, 9.17) is 0 Å². The van der Waals surface area contributed by atoms with Crippen LogP contribution in [0.5, 0.6) is 0 Å². The molecule has 1 aliphatic heterocycles. The van der Waals surface area contributed by atoms with Crippen LogP contribution in [-0.4, -0.2) is 14.3 Å². The summed E-state index contributed by atoms with van der Waals surface area (Å²) in [5.41, 5.74) is 4.95. The lowest BCUT2D eigenvalue weighted by molar-refractivity contribution is -0.119. The highest BCUT2D eigenvalue weighted by Gasteiger charge is 2.25. The Morgan fingerprint density at radius 3 is 2.47 bits per heavy atom. The highest BCUT2D eigenvalue weighted by atomic mass is 32.2. The topological polar surface area (TPSA) is 66.5 Å². The summed E-state index contributed by atoms with van der Waals surface area (Å²) >= 11 is 0. The number of carbonyl (C=O) groups excluding carboxylic acids is 1. The van der Waals surface area contributed by atoms with E-state index in [1.54, 1.807) is 24.0 Å². The largest absolute Gasteiger partial charge is 0.308 e. The molecule has 0 saturated heterocycles. The number of sulfonamides is 1. The van der Waals surface area contributed by atoms with Gasteiger partial charge in [0.25, 0.3) is 10.0 Å². The van der Waals surface area contributed by atoms with Crippen LogP contribution in [0, 0.1) is 13.8 Å². The minimum atomic E-state index is -3.70. The zero-order valence-corrected chi connectivity index (χ0v) is 17.9. The fourth-order valence-electron chi connectivity index (χ4n) is 3.77. The van der Waals surface area contributed by atoms with Gasteiger partial charge in [-0.3, -0.25) is 9.52 Å². The predicted octanol–water partition coefficient (Wildman–Crippen LogP) is 4.58. The number of amides is 1. The number of rotatable bonds is 5. The van der Waals surface area contributed by atoms with Crippen molar-refractivity contribution in [1.82, 2.24) is 0 Å². The lowest BCUT2D eigenvalue weighted by Crippen LogP contribution is -2.34. The van der Waals surface area contributed by atoms with Gasteiger partial charge in [0.15, 0.2) is 0 Å². The van der Waals surface area contributed by atoms with E-state index in [2.05, 4.69) is 4.72 Å². The molecule has 3 aromatic rings. The lowest BCUT2D eigenvalue weighted by atomic mass is 10.00. The summed E-state index contributed by atoms with van der Waals surface area (Å²) in [5.74, 6) is 0.0788. The quantitative estimate of drug-likeness (QED) is 0.657. The van der Waals surface area contributed by atoms with Gasteiger partial charge in [-0.1, -0.05) is 42.5 Å². The van der Waals surface area contributed by atoms with E-state index in [9.17, 15) is 13.2 Å². The first kappa shape index (κ1) is 20.2. The second-order valence-corrected chi connectivity index (χ2v) is 9.33. The predicted molar refractivity (Wildman–Crippen MR) is 119 cm³/mol. The molecule has 0 spiro atoms. The maximum Gasteiger partial charge on any atom is 0.262 e. The maximum absolute atomic E-state index is 12.9. The van der Waals surface area contributed by atoms with Crippen LogP contribution in [0.3, 0.4) is 0 Å². The molecule has 0 aromatic heterocycles. The Hall–Kier alpha value is -3.12. The summed E-state index contributed by atoms with van der Waals surface area (Å²) < 4.78 is 28.5. The maximum atomic E-state index is 12.9. The van der Waals surface area contributed by atoms with Crippen molar-refractivity contribution < 1.29 is 13.2 Å². The molecule has 1 amide bonds. The van der Waals surface area contributed by atoms with Gasteiger partial charge in [-0.05, 0) is 66.8 Å². The molecule has 0 fully saturated rings. The van der Waals surface area contributed by atoms with Crippen LogP contribution in [0.1, 0.15) is 28.7 Å². The summed E-state index contributed by atoms with van der Waals surface area (Å²) in [5, 5.41) is 0. The molecule has 0 bridgehead atoms. The third-order valence-electron chi connectivity index (χ3n) is 5.35. The molecule has 0 aliphatic carbocycles. The molecule has 5 nitrogen and oxygen atoms in total. The number of nitrogens with zero attached hydrogens (tertiary/aromatic N) is 1. The Morgan fingerprint density at radius 1 is 0.933 bits per heavy atom. The Balaban J connectivity index is 1.62. The highest BCUT2D eigenvalue weighted by Crippen LogP contribution is 2.32. The normalized spacial score (nSPS) is 13.8. The molecule has 0 unspecified atom stereocenters. The first-order chi connectivity index (χ1) is 14.3. The average molecular weight is 421 g/mol. The molecule has 6 heteroatoms. The number of hydrogen-bond acceptors (Lipinski definition) is 3. The molecule has 1 heterocycles. The third-order valence-corrected chi connectivity index (χ3v) is 6.87. The van der Waals surface area contributed by atoms with Crippen LogP contribution < -0.4 is 9.62 Å². The SMILES string of the molecule is Cc1ccc(C)c(S(=O)(=O)Nc2ccc3c(c2)CCC(=O)N3Cc2ccccc2)c1.